The number of ether oxygens (including phenoxy) is 1. The molecule has 0 fully saturated rings. The Bertz CT molecular complexity index is 1160. The molecule has 0 aliphatic carbocycles. The summed E-state index contributed by atoms with van der Waals surface area (Å²) in [6.45, 7) is 3.90. The average molecular weight is 459 g/mol. The fourth-order valence-corrected chi connectivity index (χ4v) is 3.88. The van der Waals surface area contributed by atoms with Crippen LogP contribution >= 0.6 is 0 Å². The van der Waals surface area contributed by atoms with Crippen molar-refractivity contribution >= 4 is 34.4 Å². The minimum atomic E-state index is -4.48. The van der Waals surface area contributed by atoms with Gasteiger partial charge in [-0.1, -0.05) is 6.07 Å². The number of nitrogens with one attached hydrogen (secondary N) is 2. The Balaban J connectivity index is 1.58. The van der Waals surface area contributed by atoms with E-state index >= 15 is 0 Å². The predicted octanol–water partition coefficient (Wildman–Crippen LogP) is 5.07. The third-order valence-corrected chi connectivity index (χ3v) is 6.08. The molecule has 2 aromatic rings. The first-order valence-corrected chi connectivity index (χ1v) is 10.5. The molecule has 2 amide bonds. The third-order valence-electron chi connectivity index (χ3n) is 6.08. The van der Waals surface area contributed by atoms with E-state index in [1.54, 1.807) is 12.1 Å². The van der Waals surface area contributed by atoms with Crippen LogP contribution in [0.4, 0.5) is 30.2 Å². The fraction of sp³-hybridized carbons (Fsp3) is 0.333. The van der Waals surface area contributed by atoms with Crippen LogP contribution in [-0.4, -0.2) is 31.0 Å². The molecule has 0 bridgehead atoms. The number of likely N-dealkylation sites (N-methyl/N-ethyl adjacent to an activating group) is 1. The monoisotopic (exact) mass is 459 g/mol. The number of fused-ring (bicyclic) bond motifs is 2. The number of anilines is 3. The zero-order valence-electron chi connectivity index (χ0n) is 18.5. The van der Waals surface area contributed by atoms with E-state index < -0.39 is 23.2 Å². The van der Waals surface area contributed by atoms with E-state index in [0.29, 0.717) is 35.4 Å². The molecule has 0 aromatic heterocycles. The fourth-order valence-electron chi connectivity index (χ4n) is 3.88. The summed E-state index contributed by atoms with van der Waals surface area (Å²) in [5, 5.41) is 5.63. The number of halogens is 3. The van der Waals surface area contributed by atoms with E-state index in [4.69, 9.17) is 4.74 Å². The van der Waals surface area contributed by atoms with Crippen molar-refractivity contribution in [2.45, 2.75) is 38.4 Å². The van der Waals surface area contributed by atoms with Gasteiger partial charge in [0.25, 0.3) is 0 Å². The highest BCUT2D eigenvalue weighted by Crippen LogP contribution is 2.39. The highest BCUT2D eigenvalue weighted by Gasteiger charge is 2.38. The van der Waals surface area contributed by atoms with Crippen molar-refractivity contribution in [3.63, 3.8) is 0 Å². The van der Waals surface area contributed by atoms with Gasteiger partial charge in [-0.2, -0.15) is 13.2 Å². The Hall–Kier alpha value is -3.49. The van der Waals surface area contributed by atoms with E-state index in [1.165, 1.54) is 12.1 Å². The van der Waals surface area contributed by atoms with E-state index in [1.807, 2.05) is 31.9 Å². The number of carbonyl (C=O) groups is 2. The lowest BCUT2D eigenvalue weighted by Crippen LogP contribution is -2.54. The highest BCUT2D eigenvalue weighted by molar-refractivity contribution is 6.08. The number of hydrogen-bond donors (Lipinski definition) is 2. The molecule has 2 N–H and O–H groups in total. The summed E-state index contributed by atoms with van der Waals surface area (Å²) in [6, 6.07) is 8.52. The zero-order chi connectivity index (χ0) is 24.0. The number of benzene rings is 2. The van der Waals surface area contributed by atoms with Gasteiger partial charge in [0.2, 0.25) is 11.8 Å². The normalized spacial score (nSPS) is 18.5. The molecule has 0 saturated carbocycles. The largest absolute Gasteiger partial charge is 0.493 e. The number of hydrogen-bond acceptors (Lipinski definition) is 4. The Morgan fingerprint density at radius 1 is 1.21 bits per heavy atom. The van der Waals surface area contributed by atoms with Crippen molar-refractivity contribution in [3.8, 4) is 5.75 Å². The standard InChI is InChI=1S/C24H24F3N3O3/c1-23(2)22(32)29-18-13-16(7-9-19(18)30(23)3)28-21(31)11-14-5-4-10-33-20-12-15(24(25,26)27)6-8-17(14)20/h6-9,11-13H,4-5,10H2,1-3H3,(H,28,31)(H,29,32). The van der Waals surface area contributed by atoms with E-state index in [0.717, 1.165) is 17.8 Å². The van der Waals surface area contributed by atoms with Crippen molar-refractivity contribution in [2.24, 2.45) is 0 Å². The van der Waals surface area contributed by atoms with Crippen molar-refractivity contribution in [1.29, 1.82) is 0 Å². The molecule has 2 aliphatic rings. The van der Waals surface area contributed by atoms with Crippen LogP contribution in [0.25, 0.3) is 5.57 Å². The Morgan fingerprint density at radius 3 is 2.70 bits per heavy atom. The van der Waals surface area contributed by atoms with Gasteiger partial charge in [-0.15, -0.1) is 0 Å². The van der Waals surface area contributed by atoms with Gasteiger partial charge in [-0.05, 0) is 62.6 Å². The van der Waals surface area contributed by atoms with Gasteiger partial charge in [0, 0.05) is 24.4 Å². The van der Waals surface area contributed by atoms with Crippen LogP contribution in [0.1, 0.15) is 37.8 Å². The molecule has 174 valence electrons. The quantitative estimate of drug-likeness (QED) is 0.616. The molecule has 0 unspecified atom stereocenters. The Morgan fingerprint density at radius 2 is 1.97 bits per heavy atom. The number of allylic oxidation sites excluding steroid dienone is 1. The molecule has 9 heteroatoms. The lowest BCUT2D eigenvalue weighted by atomic mass is 9.97. The lowest BCUT2D eigenvalue weighted by molar-refractivity contribution is -0.137. The molecule has 2 aromatic carbocycles. The van der Waals surface area contributed by atoms with Crippen LogP contribution in [0.15, 0.2) is 42.5 Å². The molecule has 0 saturated heterocycles. The van der Waals surface area contributed by atoms with E-state index in [-0.39, 0.29) is 18.3 Å². The maximum Gasteiger partial charge on any atom is 0.416 e. The summed E-state index contributed by atoms with van der Waals surface area (Å²) in [7, 11) is 1.83. The van der Waals surface area contributed by atoms with Crippen LogP contribution in [0, 0.1) is 0 Å². The second kappa shape index (κ2) is 8.13. The maximum absolute atomic E-state index is 13.1. The molecule has 0 atom stereocenters. The first kappa shape index (κ1) is 22.7. The van der Waals surface area contributed by atoms with Crippen LogP contribution in [-0.2, 0) is 15.8 Å². The summed E-state index contributed by atoms with van der Waals surface area (Å²) < 4.78 is 44.7. The number of carbonyl (C=O) groups excluding carboxylic acids is 2. The van der Waals surface area contributed by atoms with Gasteiger partial charge >= 0.3 is 6.18 Å². The zero-order valence-corrected chi connectivity index (χ0v) is 18.5. The van der Waals surface area contributed by atoms with Gasteiger partial charge in [-0.3, -0.25) is 9.59 Å². The number of rotatable bonds is 2. The van der Waals surface area contributed by atoms with Gasteiger partial charge in [0.1, 0.15) is 11.3 Å². The summed E-state index contributed by atoms with van der Waals surface area (Å²) in [4.78, 5) is 27.0. The van der Waals surface area contributed by atoms with Crippen LogP contribution in [0.5, 0.6) is 5.75 Å². The van der Waals surface area contributed by atoms with Crippen molar-refractivity contribution < 1.29 is 27.5 Å². The summed E-state index contributed by atoms with van der Waals surface area (Å²) in [5.41, 5.74) is 1.46. The molecule has 2 heterocycles. The molecule has 33 heavy (non-hydrogen) atoms. The molecule has 0 radical (unpaired) electrons. The van der Waals surface area contributed by atoms with Gasteiger partial charge in [0.05, 0.1) is 23.5 Å². The van der Waals surface area contributed by atoms with E-state index in [9.17, 15) is 22.8 Å². The smallest absolute Gasteiger partial charge is 0.416 e. The van der Waals surface area contributed by atoms with Gasteiger partial charge in [0.15, 0.2) is 0 Å². The Labute approximate surface area is 189 Å². The van der Waals surface area contributed by atoms with Crippen LogP contribution in [0.2, 0.25) is 0 Å². The number of alkyl halides is 3. The van der Waals surface area contributed by atoms with Crippen molar-refractivity contribution in [1.82, 2.24) is 0 Å². The summed E-state index contributed by atoms with van der Waals surface area (Å²) in [6.07, 6.45) is -2.03. The first-order valence-electron chi connectivity index (χ1n) is 10.5. The van der Waals surface area contributed by atoms with Crippen molar-refractivity contribution in [3.05, 3.63) is 53.6 Å². The summed E-state index contributed by atoms with van der Waals surface area (Å²) in [5.74, 6) is -0.464. The third kappa shape index (κ3) is 4.40. The topological polar surface area (TPSA) is 70.7 Å². The minimum Gasteiger partial charge on any atom is -0.493 e. The van der Waals surface area contributed by atoms with E-state index in [2.05, 4.69) is 10.6 Å². The van der Waals surface area contributed by atoms with Gasteiger partial charge in [-0.25, -0.2) is 0 Å². The second-order valence-corrected chi connectivity index (χ2v) is 8.62. The molecule has 0 spiro atoms. The van der Waals surface area contributed by atoms with Gasteiger partial charge < -0.3 is 20.3 Å². The molecule has 4 rings (SSSR count). The number of amides is 2. The van der Waals surface area contributed by atoms with Crippen LogP contribution in [0.3, 0.4) is 0 Å². The Kier molecular flexibility index (Phi) is 5.59. The maximum atomic E-state index is 13.1. The minimum absolute atomic E-state index is 0.114. The van der Waals surface area contributed by atoms with Crippen molar-refractivity contribution in [2.75, 3.05) is 29.2 Å². The summed E-state index contributed by atoms with van der Waals surface area (Å²) >= 11 is 0. The van der Waals surface area contributed by atoms with Crippen LogP contribution < -0.4 is 20.3 Å². The SMILES string of the molecule is CN1c2ccc(NC(=O)C=C3CCCOc4cc(C(F)(F)F)ccc43)cc2NC(=O)C1(C)C. The highest BCUT2D eigenvalue weighted by atomic mass is 19.4. The molecule has 6 nitrogen and oxygen atoms in total. The lowest BCUT2D eigenvalue weighted by Gasteiger charge is -2.41. The predicted molar refractivity (Wildman–Crippen MR) is 120 cm³/mol. The molecule has 2 aliphatic heterocycles. The average Bonchev–Trinajstić information content (AvgIpc) is 2.93. The first-order chi connectivity index (χ1) is 15.5. The second-order valence-electron chi connectivity index (χ2n) is 8.62. The molecular formula is C24H24F3N3O3. The molecular weight excluding hydrogens is 435 g/mol. The number of nitrogens with zero attached hydrogens (tertiary/aromatic N) is 1.